The van der Waals surface area contributed by atoms with Gasteiger partial charge in [0.25, 0.3) is 0 Å². The van der Waals surface area contributed by atoms with E-state index in [2.05, 4.69) is 13.8 Å². The summed E-state index contributed by atoms with van der Waals surface area (Å²) >= 11 is 11.8. The predicted molar refractivity (Wildman–Crippen MR) is 67.6 cm³/mol. The van der Waals surface area contributed by atoms with Gasteiger partial charge in [-0.15, -0.1) is 0 Å². The van der Waals surface area contributed by atoms with E-state index in [4.69, 9.17) is 28.9 Å². The normalized spacial score (nSPS) is 11.8. The first kappa shape index (κ1) is 12.8. The van der Waals surface area contributed by atoms with Crippen molar-refractivity contribution in [1.82, 2.24) is 0 Å². The van der Waals surface area contributed by atoms with Crippen LogP contribution in [0.4, 0.5) is 0 Å². The molecule has 15 heavy (non-hydrogen) atoms. The first-order chi connectivity index (χ1) is 6.94. The second-order valence-electron chi connectivity index (χ2n) is 4.63. The molecule has 0 aromatic heterocycles. The molecule has 1 nitrogen and oxygen atoms in total. The van der Waals surface area contributed by atoms with Gasteiger partial charge >= 0.3 is 0 Å². The zero-order valence-corrected chi connectivity index (χ0v) is 10.7. The van der Waals surface area contributed by atoms with Crippen LogP contribution in [0.25, 0.3) is 0 Å². The van der Waals surface area contributed by atoms with Crippen molar-refractivity contribution in [2.75, 3.05) is 6.54 Å². The summed E-state index contributed by atoms with van der Waals surface area (Å²) in [7, 11) is 0. The molecule has 84 valence electrons. The summed E-state index contributed by atoms with van der Waals surface area (Å²) in [5.74, 6) is 0. The molecule has 0 aliphatic carbocycles. The Morgan fingerprint density at radius 1 is 1.20 bits per heavy atom. The van der Waals surface area contributed by atoms with Gasteiger partial charge in [0.05, 0.1) is 10.0 Å². The zero-order chi connectivity index (χ0) is 11.5. The Labute approximate surface area is 102 Å². The first-order valence-electron chi connectivity index (χ1n) is 5.08. The Hall–Kier alpha value is -0.240. The Kier molecular flexibility index (Phi) is 4.45. The van der Waals surface area contributed by atoms with Crippen LogP contribution in [-0.4, -0.2) is 6.54 Å². The molecule has 0 radical (unpaired) electrons. The van der Waals surface area contributed by atoms with E-state index in [1.54, 1.807) is 0 Å². The number of nitrogens with two attached hydrogens (primary N) is 1. The van der Waals surface area contributed by atoms with Crippen LogP contribution in [0.1, 0.15) is 25.8 Å². The van der Waals surface area contributed by atoms with Gasteiger partial charge in [0.1, 0.15) is 0 Å². The molecule has 0 aliphatic rings. The van der Waals surface area contributed by atoms with Gasteiger partial charge in [0.15, 0.2) is 0 Å². The third-order valence-electron chi connectivity index (χ3n) is 2.49. The molecule has 1 aromatic carbocycles. The maximum absolute atomic E-state index is 5.96. The molecule has 0 saturated heterocycles. The van der Waals surface area contributed by atoms with Gasteiger partial charge in [0, 0.05) is 0 Å². The third kappa shape index (κ3) is 4.02. The highest BCUT2D eigenvalue weighted by molar-refractivity contribution is 6.42. The Bertz CT molecular complexity index is 334. The fraction of sp³-hybridized carbons (Fsp3) is 0.500. The van der Waals surface area contributed by atoms with Crippen molar-refractivity contribution in [1.29, 1.82) is 0 Å². The molecule has 0 unspecified atom stereocenters. The number of hydrogen-bond acceptors (Lipinski definition) is 1. The second-order valence-corrected chi connectivity index (χ2v) is 5.44. The summed E-state index contributed by atoms with van der Waals surface area (Å²) in [5.41, 5.74) is 7.00. The lowest BCUT2D eigenvalue weighted by Crippen LogP contribution is -2.19. The predicted octanol–water partition coefficient (Wildman–Crippen LogP) is 3.91. The summed E-state index contributed by atoms with van der Waals surface area (Å²) in [4.78, 5) is 0. The Morgan fingerprint density at radius 2 is 1.87 bits per heavy atom. The summed E-state index contributed by atoms with van der Waals surface area (Å²) in [6.45, 7) is 5.14. The molecule has 3 heteroatoms. The molecule has 0 aliphatic heterocycles. The molecule has 2 N–H and O–H groups in total. The van der Waals surface area contributed by atoms with E-state index in [0.29, 0.717) is 16.6 Å². The van der Waals surface area contributed by atoms with Crippen molar-refractivity contribution in [2.45, 2.75) is 26.7 Å². The van der Waals surface area contributed by atoms with Crippen LogP contribution in [-0.2, 0) is 6.42 Å². The lowest BCUT2D eigenvalue weighted by atomic mass is 9.83. The summed E-state index contributed by atoms with van der Waals surface area (Å²) in [6.07, 6.45) is 1.98. The van der Waals surface area contributed by atoms with E-state index in [-0.39, 0.29) is 5.41 Å². The van der Waals surface area contributed by atoms with Gasteiger partial charge in [-0.05, 0) is 42.5 Å². The molecule has 0 fully saturated rings. The Balaban J connectivity index is 2.76. The highest BCUT2D eigenvalue weighted by Crippen LogP contribution is 2.29. The number of rotatable bonds is 4. The van der Waals surface area contributed by atoms with Gasteiger partial charge in [-0.3, -0.25) is 0 Å². The topological polar surface area (TPSA) is 26.0 Å². The smallest absolute Gasteiger partial charge is 0.0595 e. The van der Waals surface area contributed by atoms with Crippen LogP contribution in [0.15, 0.2) is 18.2 Å². The molecule has 0 amide bonds. The standard InChI is InChI=1S/C12H17Cl2N/c1-12(2,5-6-15)8-9-3-4-10(13)11(14)7-9/h3-4,7H,5-6,8,15H2,1-2H3. The summed E-state index contributed by atoms with van der Waals surface area (Å²) < 4.78 is 0. The fourth-order valence-corrected chi connectivity index (χ4v) is 2.00. The molecular weight excluding hydrogens is 229 g/mol. The quantitative estimate of drug-likeness (QED) is 0.856. The molecule has 0 spiro atoms. The fourth-order valence-electron chi connectivity index (χ4n) is 1.68. The minimum atomic E-state index is 0.214. The van der Waals surface area contributed by atoms with Gasteiger partial charge in [-0.1, -0.05) is 43.1 Å². The van der Waals surface area contributed by atoms with Crippen LogP contribution in [0, 0.1) is 5.41 Å². The average Bonchev–Trinajstić information content (AvgIpc) is 2.10. The maximum Gasteiger partial charge on any atom is 0.0595 e. The van der Waals surface area contributed by atoms with Crippen molar-refractivity contribution in [3.8, 4) is 0 Å². The van der Waals surface area contributed by atoms with E-state index in [9.17, 15) is 0 Å². The van der Waals surface area contributed by atoms with Gasteiger partial charge in [-0.2, -0.15) is 0 Å². The van der Waals surface area contributed by atoms with Crippen LogP contribution >= 0.6 is 23.2 Å². The minimum Gasteiger partial charge on any atom is -0.330 e. The molecule has 1 rings (SSSR count). The largest absolute Gasteiger partial charge is 0.330 e. The highest BCUT2D eigenvalue weighted by atomic mass is 35.5. The van der Waals surface area contributed by atoms with Crippen molar-refractivity contribution < 1.29 is 0 Å². The molecular formula is C12H17Cl2N. The number of benzene rings is 1. The van der Waals surface area contributed by atoms with Crippen LogP contribution in [0.3, 0.4) is 0 Å². The van der Waals surface area contributed by atoms with Crippen LogP contribution in [0.5, 0.6) is 0 Å². The third-order valence-corrected chi connectivity index (χ3v) is 3.23. The summed E-state index contributed by atoms with van der Waals surface area (Å²) in [6, 6.07) is 5.80. The minimum absolute atomic E-state index is 0.214. The van der Waals surface area contributed by atoms with Crippen molar-refractivity contribution in [2.24, 2.45) is 11.1 Å². The van der Waals surface area contributed by atoms with Crippen molar-refractivity contribution in [3.05, 3.63) is 33.8 Å². The Morgan fingerprint density at radius 3 is 2.40 bits per heavy atom. The second kappa shape index (κ2) is 5.20. The van der Waals surface area contributed by atoms with Crippen LogP contribution < -0.4 is 5.73 Å². The molecule has 0 bridgehead atoms. The molecule has 0 heterocycles. The lowest BCUT2D eigenvalue weighted by molar-refractivity contribution is 0.339. The van der Waals surface area contributed by atoms with E-state index in [1.165, 1.54) is 5.56 Å². The van der Waals surface area contributed by atoms with Crippen molar-refractivity contribution in [3.63, 3.8) is 0 Å². The van der Waals surface area contributed by atoms with E-state index < -0.39 is 0 Å². The molecule has 1 aromatic rings. The SMILES string of the molecule is CC(C)(CCN)Cc1ccc(Cl)c(Cl)c1. The van der Waals surface area contributed by atoms with Crippen LogP contribution in [0.2, 0.25) is 10.0 Å². The van der Waals surface area contributed by atoms with Crippen molar-refractivity contribution >= 4 is 23.2 Å². The summed E-state index contributed by atoms with van der Waals surface area (Å²) in [5, 5.41) is 1.23. The first-order valence-corrected chi connectivity index (χ1v) is 5.84. The number of hydrogen-bond donors (Lipinski definition) is 1. The zero-order valence-electron chi connectivity index (χ0n) is 9.19. The monoisotopic (exact) mass is 245 g/mol. The molecule has 0 atom stereocenters. The van der Waals surface area contributed by atoms with Gasteiger partial charge in [-0.25, -0.2) is 0 Å². The van der Waals surface area contributed by atoms with Gasteiger partial charge in [0.2, 0.25) is 0 Å². The lowest BCUT2D eigenvalue weighted by Gasteiger charge is -2.24. The van der Waals surface area contributed by atoms with Gasteiger partial charge < -0.3 is 5.73 Å². The highest BCUT2D eigenvalue weighted by Gasteiger charge is 2.17. The van der Waals surface area contributed by atoms with E-state index >= 15 is 0 Å². The average molecular weight is 246 g/mol. The van der Waals surface area contributed by atoms with E-state index in [0.717, 1.165) is 12.8 Å². The van der Waals surface area contributed by atoms with E-state index in [1.807, 2.05) is 18.2 Å². The number of halogens is 2. The maximum atomic E-state index is 5.96. The molecule has 0 saturated carbocycles.